The highest BCUT2D eigenvalue weighted by Gasteiger charge is 2.21. The van der Waals surface area contributed by atoms with E-state index in [-0.39, 0.29) is 29.0 Å². The Morgan fingerprint density at radius 1 is 1.61 bits per heavy atom. The van der Waals surface area contributed by atoms with Crippen LogP contribution in [0.5, 0.6) is 0 Å². The summed E-state index contributed by atoms with van der Waals surface area (Å²) >= 11 is 5.98. The Kier molecular flexibility index (Phi) is 8.19. The fraction of sp³-hybridized carbons (Fsp3) is 0.600. The van der Waals surface area contributed by atoms with Gasteiger partial charge in [0.25, 0.3) is 0 Å². The average molecular weight is 289 g/mol. The van der Waals surface area contributed by atoms with Crippen molar-refractivity contribution in [2.75, 3.05) is 6.26 Å². The van der Waals surface area contributed by atoms with Gasteiger partial charge in [-0.15, -0.1) is 0 Å². The average Bonchev–Trinajstić information content (AvgIpc) is 2.32. The van der Waals surface area contributed by atoms with Crippen LogP contribution in [0.25, 0.3) is 5.53 Å². The SMILES string of the molecule is CSC(C)C(=O)NC(CCC(=O)C=[N+]=[N-])C(O)=S. The largest absolute Gasteiger partial charge is 0.500 e. The van der Waals surface area contributed by atoms with E-state index in [2.05, 4.69) is 22.3 Å². The molecule has 6 nitrogen and oxygen atoms in total. The minimum Gasteiger partial charge on any atom is -0.500 e. The number of hydrogen-bond acceptors (Lipinski definition) is 4. The standard InChI is InChI=1S/C10H15N3O3S2/c1-6(18-2)9(15)13-8(10(16)17)4-3-7(14)5-12-11/h5-6,8H,3-4H2,1-2H3,(H,13,15)(H,16,17). The Morgan fingerprint density at radius 3 is 2.67 bits per heavy atom. The third-order valence-electron chi connectivity index (χ3n) is 2.22. The van der Waals surface area contributed by atoms with Crippen LogP contribution in [0.2, 0.25) is 0 Å². The van der Waals surface area contributed by atoms with Crippen molar-refractivity contribution in [3.05, 3.63) is 5.53 Å². The predicted molar refractivity (Wildman–Crippen MR) is 74.1 cm³/mol. The lowest BCUT2D eigenvalue weighted by Crippen LogP contribution is -2.43. The highest BCUT2D eigenvalue weighted by molar-refractivity contribution is 7.99. The molecule has 18 heavy (non-hydrogen) atoms. The molecule has 0 bridgehead atoms. The Balaban J connectivity index is 4.41. The Labute approximate surface area is 115 Å². The first kappa shape index (κ1) is 16.8. The smallest absolute Gasteiger partial charge is 0.323 e. The molecule has 0 heterocycles. The second-order valence-corrected chi connectivity index (χ2v) is 5.12. The molecule has 0 spiro atoms. The van der Waals surface area contributed by atoms with E-state index in [1.807, 2.05) is 0 Å². The number of nitrogens with zero attached hydrogens (tertiary/aromatic N) is 2. The zero-order valence-corrected chi connectivity index (χ0v) is 11.8. The molecule has 2 atom stereocenters. The zero-order chi connectivity index (χ0) is 14.1. The number of aliphatic hydroxyl groups excluding tert-OH is 1. The number of thioether (sulfide) groups is 1. The number of amides is 1. The molecular weight excluding hydrogens is 274 g/mol. The summed E-state index contributed by atoms with van der Waals surface area (Å²) in [5.41, 5.74) is 8.16. The van der Waals surface area contributed by atoms with Crippen molar-refractivity contribution in [2.45, 2.75) is 31.1 Å². The normalized spacial score (nSPS) is 13.0. The number of thiocarbonyl (C=S) groups is 1. The molecule has 2 N–H and O–H groups in total. The van der Waals surface area contributed by atoms with E-state index >= 15 is 0 Å². The van der Waals surface area contributed by atoms with E-state index in [9.17, 15) is 14.7 Å². The summed E-state index contributed by atoms with van der Waals surface area (Å²) in [5.74, 6) is -0.668. The van der Waals surface area contributed by atoms with Crippen molar-refractivity contribution in [1.29, 1.82) is 0 Å². The minimum atomic E-state index is -0.752. The molecule has 0 radical (unpaired) electrons. The van der Waals surface area contributed by atoms with Crippen LogP contribution < -0.4 is 5.32 Å². The number of aliphatic hydroxyl groups is 1. The van der Waals surface area contributed by atoms with Crippen LogP contribution in [0.1, 0.15) is 19.8 Å². The van der Waals surface area contributed by atoms with Gasteiger partial charge in [-0.3, -0.25) is 9.59 Å². The fourth-order valence-electron chi connectivity index (χ4n) is 1.07. The highest BCUT2D eigenvalue weighted by atomic mass is 32.2. The lowest BCUT2D eigenvalue weighted by molar-refractivity contribution is -0.121. The van der Waals surface area contributed by atoms with Crippen molar-refractivity contribution in [3.63, 3.8) is 0 Å². The third kappa shape index (κ3) is 6.48. The van der Waals surface area contributed by atoms with E-state index in [0.717, 1.165) is 6.21 Å². The maximum Gasteiger partial charge on any atom is 0.323 e. The number of ketones is 1. The van der Waals surface area contributed by atoms with Gasteiger partial charge in [0.1, 0.15) is 0 Å². The van der Waals surface area contributed by atoms with E-state index in [4.69, 9.17) is 5.53 Å². The number of carbonyl (C=O) groups is 2. The summed E-state index contributed by atoms with van der Waals surface area (Å²) in [7, 11) is 0. The lowest BCUT2D eigenvalue weighted by atomic mass is 10.1. The summed E-state index contributed by atoms with van der Waals surface area (Å²) in [6, 6.07) is -0.752. The van der Waals surface area contributed by atoms with Crippen molar-refractivity contribution in [3.8, 4) is 0 Å². The first-order valence-electron chi connectivity index (χ1n) is 5.18. The molecule has 0 aromatic carbocycles. The van der Waals surface area contributed by atoms with Crippen molar-refractivity contribution < 1.29 is 19.5 Å². The quantitative estimate of drug-likeness (QED) is 0.297. The summed E-state index contributed by atoms with van der Waals surface area (Å²) in [6.45, 7) is 1.72. The molecular formula is C10H15N3O3S2. The maximum absolute atomic E-state index is 11.6. The third-order valence-corrected chi connectivity index (χ3v) is 3.42. The summed E-state index contributed by atoms with van der Waals surface area (Å²) in [5, 5.41) is 11.2. The molecule has 100 valence electrons. The van der Waals surface area contributed by atoms with E-state index < -0.39 is 11.8 Å². The second-order valence-electron chi connectivity index (χ2n) is 3.53. The van der Waals surface area contributed by atoms with Gasteiger partial charge in [-0.1, -0.05) is 0 Å². The van der Waals surface area contributed by atoms with Crippen molar-refractivity contribution in [2.24, 2.45) is 0 Å². The summed E-state index contributed by atoms with van der Waals surface area (Å²) in [6.07, 6.45) is 2.73. The number of carbonyl (C=O) groups excluding carboxylic acids is 2. The lowest BCUT2D eigenvalue weighted by Gasteiger charge is -2.17. The zero-order valence-electron chi connectivity index (χ0n) is 10.1. The molecule has 0 saturated heterocycles. The monoisotopic (exact) mass is 289 g/mol. The van der Waals surface area contributed by atoms with Crippen molar-refractivity contribution >= 4 is 46.9 Å². The van der Waals surface area contributed by atoms with Crippen molar-refractivity contribution in [1.82, 2.24) is 5.32 Å². The molecule has 0 aliphatic heterocycles. The molecule has 0 aromatic rings. The highest BCUT2D eigenvalue weighted by Crippen LogP contribution is 2.07. The second kappa shape index (κ2) is 8.79. The minimum absolute atomic E-state index is 0.0172. The molecule has 0 aliphatic rings. The number of rotatable bonds is 8. The number of hydrogen-bond donors (Lipinski definition) is 2. The van der Waals surface area contributed by atoms with Crippen LogP contribution in [0.15, 0.2) is 0 Å². The summed E-state index contributed by atoms with van der Waals surface area (Å²) in [4.78, 5) is 25.3. The van der Waals surface area contributed by atoms with Crippen LogP contribution in [0.3, 0.4) is 0 Å². The first-order valence-corrected chi connectivity index (χ1v) is 6.88. The van der Waals surface area contributed by atoms with Crippen LogP contribution in [-0.4, -0.2) is 50.4 Å². The number of nitrogens with one attached hydrogen (secondary N) is 1. The van der Waals surface area contributed by atoms with Gasteiger partial charge in [0.05, 0.1) is 11.3 Å². The fourth-order valence-corrected chi connectivity index (χ4v) is 1.53. The van der Waals surface area contributed by atoms with Gasteiger partial charge in [-0.2, -0.15) is 16.6 Å². The maximum atomic E-state index is 11.6. The van der Waals surface area contributed by atoms with Crippen LogP contribution in [0.4, 0.5) is 0 Å². The van der Waals surface area contributed by atoms with Crippen LogP contribution in [-0.2, 0) is 9.59 Å². The topological polar surface area (TPSA) is 103 Å². The molecule has 8 heteroatoms. The molecule has 1 amide bonds. The molecule has 0 rings (SSSR count). The van der Waals surface area contributed by atoms with Gasteiger partial charge < -0.3 is 16.0 Å². The van der Waals surface area contributed by atoms with Gasteiger partial charge in [0.15, 0.2) is 5.05 Å². The Bertz CT molecular complexity index is 381. The first-order chi connectivity index (χ1) is 8.42. The van der Waals surface area contributed by atoms with Gasteiger partial charge in [0.2, 0.25) is 11.7 Å². The summed E-state index contributed by atoms with van der Waals surface area (Å²) < 4.78 is 0. The van der Waals surface area contributed by atoms with Crippen LogP contribution in [0, 0.1) is 0 Å². The van der Waals surface area contributed by atoms with E-state index in [1.165, 1.54) is 11.8 Å². The van der Waals surface area contributed by atoms with Gasteiger partial charge in [-0.05, 0) is 31.8 Å². The molecule has 2 unspecified atom stereocenters. The number of Topliss-reactive ketones (excluding diaryl/α,β-unsaturated/α-hetero) is 1. The van der Waals surface area contributed by atoms with E-state index in [0.29, 0.717) is 0 Å². The van der Waals surface area contributed by atoms with E-state index in [1.54, 1.807) is 13.2 Å². The van der Waals surface area contributed by atoms with Crippen LogP contribution >= 0.6 is 24.0 Å². The Morgan fingerprint density at radius 2 is 2.22 bits per heavy atom. The molecule has 0 aliphatic carbocycles. The molecule has 0 fully saturated rings. The van der Waals surface area contributed by atoms with Gasteiger partial charge in [0, 0.05) is 6.42 Å². The molecule has 0 saturated carbocycles. The molecule has 0 aromatic heterocycles. The van der Waals surface area contributed by atoms with Gasteiger partial charge in [-0.25, -0.2) is 0 Å². The van der Waals surface area contributed by atoms with Gasteiger partial charge >= 0.3 is 6.21 Å². The Hall–Kier alpha value is -1.24. The predicted octanol–water partition coefficient (Wildman–Crippen LogP) is 0.758.